The van der Waals surface area contributed by atoms with Crippen molar-refractivity contribution in [3.8, 4) is 0 Å². The van der Waals surface area contributed by atoms with Crippen LogP contribution in [0.15, 0.2) is 6.33 Å². The standard InChI is InChI=1S/C14H23N5O5/c1-9-6-18(7-10(2)24-9)14-12(19(20)21)13(16-8-17-14)15-5-11(22-3)23-4/h8-11H,5-7H2,1-4H3,(H,15,16,17). The fourth-order valence-corrected chi connectivity index (χ4v) is 2.69. The van der Waals surface area contributed by atoms with Crippen molar-refractivity contribution in [1.29, 1.82) is 0 Å². The lowest BCUT2D eigenvalue weighted by Crippen LogP contribution is -2.46. The van der Waals surface area contributed by atoms with Crippen molar-refractivity contribution < 1.29 is 19.1 Å². The van der Waals surface area contributed by atoms with Crippen LogP contribution in [0.4, 0.5) is 17.3 Å². The molecule has 10 nitrogen and oxygen atoms in total. The van der Waals surface area contributed by atoms with E-state index < -0.39 is 11.2 Å². The highest BCUT2D eigenvalue weighted by Crippen LogP contribution is 2.33. The van der Waals surface area contributed by atoms with Gasteiger partial charge in [0, 0.05) is 27.3 Å². The molecule has 0 spiro atoms. The van der Waals surface area contributed by atoms with Crippen molar-refractivity contribution in [2.45, 2.75) is 32.3 Å². The molecule has 1 aromatic rings. The summed E-state index contributed by atoms with van der Waals surface area (Å²) in [7, 11) is 2.98. The Morgan fingerprint density at radius 1 is 1.38 bits per heavy atom. The first-order chi connectivity index (χ1) is 11.5. The van der Waals surface area contributed by atoms with Crippen molar-refractivity contribution in [3.63, 3.8) is 0 Å². The maximum atomic E-state index is 11.6. The first-order valence-corrected chi connectivity index (χ1v) is 7.65. The van der Waals surface area contributed by atoms with Crippen LogP contribution < -0.4 is 10.2 Å². The molecule has 0 aliphatic carbocycles. The van der Waals surface area contributed by atoms with Crippen molar-refractivity contribution in [1.82, 2.24) is 9.97 Å². The van der Waals surface area contributed by atoms with E-state index in [2.05, 4.69) is 15.3 Å². The number of ether oxygens (including phenoxy) is 3. The van der Waals surface area contributed by atoms with Crippen LogP contribution in [-0.4, -0.2) is 67.2 Å². The Morgan fingerprint density at radius 2 is 2.00 bits per heavy atom. The molecule has 134 valence electrons. The molecule has 1 N–H and O–H groups in total. The molecule has 0 bridgehead atoms. The number of anilines is 2. The van der Waals surface area contributed by atoms with E-state index >= 15 is 0 Å². The molecule has 2 unspecified atom stereocenters. The molecule has 0 aromatic carbocycles. The van der Waals surface area contributed by atoms with Gasteiger partial charge in [0.25, 0.3) is 0 Å². The first kappa shape index (κ1) is 18.3. The van der Waals surface area contributed by atoms with Crippen molar-refractivity contribution >= 4 is 17.3 Å². The summed E-state index contributed by atoms with van der Waals surface area (Å²) >= 11 is 0. The Bertz CT molecular complexity index is 558. The molecule has 10 heteroatoms. The minimum absolute atomic E-state index is 0.0360. The number of nitro groups is 1. The summed E-state index contributed by atoms with van der Waals surface area (Å²) in [6.45, 7) is 5.13. The van der Waals surface area contributed by atoms with Crippen molar-refractivity contribution in [3.05, 3.63) is 16.4 Å². The predicted octanol–water partition coefficient (Wildman–Crippen LogP) is 1.03. The summed E-state index contributed by atoms with van der Waals surface area (Å²) in [4.78, 5) is 21.1. The normalized spacial score (nSPS) is 21.1. The molecule has 1 aliphatic rings. The van der Waals surface area contributed by atoms with Crippen LogP contribution in [0.3, 0.4) is 0 Å². The van der Waals surface area contributed by atoms with E-state index in [1.54, 1.807) is 0 Å². The molecule has 2 heterocycles. The van der Waals surface area contributed by atoms with Gasteiger partial charge >= 0.3 is 5.69 Å². The third kappa shape index (κ3) is 4.28. The van der Waals surface area contributed by atoms with Crippen LogP contribution in [0.1, 0.15) is 13.8 Å². The number of hydrogen-bond acceptors (Lipinski definition) is 9. The minimum atomic E-state index is -0.536. The van der Waals surface area contributed by atoms with Crippen LogP contribution in [0.2, 0.25) is 0 Å². The summed E-state index contributed by atoms with van der Waals surface area (Å²) in [5.74, 6) is 0.418. The van der Waals surface area contributed by atoms with Gasteiger partial charge in [-0.3, -0.25) is 10.1 Å². The molecule has 24 heavy (non-hydrogen) atoms. The van der Waals surface area contributed by atoms with Crippen molar-refractivity contribution in [2.24, 2.45) is 0 Å². The molecular formula is C14H23N5O5. The molecule has 0 amide bonds. The van der Waals surface area contributed by atoms with Gasteiger partial charge in [0.1, 0.15) is 6.33 Å². The van der Waals surface area contributed by atoms with Gasteiger partial charge < -0.3 is 24.4 Å². The van der Waals surface area contributed by atoms with Gasteiger partial charge in [-0.25, -0.2) is 9.97 Å². The van der Waals surface area contributed by atoms with Gasteiger partial charge in [-0.1, -0.05) is 0 Å². The zero-order valence-corrected chi connectivity index (χ0v) is 14.3. The number of rotatable bonds is 7. The molecule has 2 rings (SSSR count). The Balaban J connectivity index is 2.28. The highest BCUT2D eigenvalue weighted by atomic mass is 16.7. The molecule has 2 atom stereocenters. The fraction of sp³-hybridized carbons (Fsp3) is 0.714. The SMILES string of the molecule is COC(CNc1ncnc(N2CC(C)OC(C)C2)c1[N+](=O)[O-])OC. The van der Waals surface area contributed by atoms with Gasteiger partial charge in [-0.15, -0.1) is 0 Å². The van der Waals surface area contributed by atoms with Crippen LogP contribution in [-0.2, 0) is 14.2 Å². The number of hydrogen-bond donors (Lipinski definition) is 1. The number of methoxy groups -OCH3 is 2. The quantitative estimate of drug-likeness (QED) is 0.441. The second-order valence-corrected chi connectivity index (χ2v) is 5.60. The molecular weight excluding hydrogens is 318 g/mol. The highest BCUT2D eigenvalue weighted by Gasteiger charge is 2.31. The van der Waals surface area contributed by atoms with Crippen LogP contribution in [0.25, 0.3) is 0 Å². The fourth-order valence-electron chi connectivity index (χ4n) is 2.69. The van der Waals surface area contributed by atoms with E-state index in [1.165, 1.54) is 20.5 Å². The smallest absolute Gasteiger partial charge is 0.353 e. The largest absolute Gasteiger partial charge is 0.372 e. The first-order valence-electron chi connectivity index (χ1n) is 7.65. The Labute approximate surface area is 140 Å². The molecule has 0 radical (unpaired) electrons. The van der Waals surface area contributed by atoms with E-state index in [0.717, 1.165) is 0 Å². The third-order valence-electron chi connectivity index (χ3n) is 3.67. The predicted molar refractivity (Wildman–Crippen MR) is 87.2 cm³/mol. The summed E-state index contributed by atoms with van der Waals surface area (Å²) in [6.07, 6.45) is 0.702. The number of nitrogens with one attached hydrogen (secondary N) is 1. The van der Waals surface area contributed by atoms with Crippen LogP contribution >= 0.6 is 0 Å². The number of nitrogens with zero attached hydrogens (tertiary/aromatic N) is 4. The third-order valence-corrected chi connectivity index (χ3v) is 3.67. The topological polar surface area (TPSA) is 112 Å². The van der Waals surface area contributed by atoms with Gasteiger partial charge in [0.2, 0.25) is 11.6 Å². The maximum Gasteiger partial charge on any atom is 0.353 e. The minimum Gasteiger partial charge on any atom is -0.372 e. The van der Waals surface area contributed by atoms with Gasteiger partial charge in [-0.05, 0) is 13.8 Å². The Morgan fingerprint density at radius 3 is 2.54 bits per heavy atom. The number of aromatic nitrogens is 2. The van der Waals surface area contributed by atoms with Crippen LogP contribution in [0.5, 0.6) is 0 Å². The van der Waals surface area contributed by atoms with Crippen molar-refractivity contribution in [2.75, 3.05) is 44.1 Å². The lowest BCUT2D eigenvalue weighted by atomic mass is 10.2. The second-order valence-electron chi connectivity index (χ2n) is 5.60. The van der Waals surface area contributed by atoms with E-state index in [0.29, 0.717) is 13.1 Å². The van der Waals surface area contributed by atoms with E-state index in [-0.39, 0.29) is 36.1 Å². The Hall–Kier alpha value is -2.04. The molecule has 1 fully saturated rings. The number of morpholine rings is 1. The average molecular weight is 341 g/mol. The molecule has 1 aromatic heterocycles. The summed E-state index contributed by atoms with van der Waals surface area (Å²) < 4.78 is 15.8. The summed E-state index contributed by atoms with van der Waals surface area (Å²) in [5.41, 5.74) is -0.162. The summed E-state index contributed by atoms with van der Waals surface area (Å²) in [6, 6.07) is 0. The van der Waals surface area contributed by atoms with E-state index in [9.17, 15) is 10.1 Å². The second kappa shape index (κ2) is 8.18. The van der Waals surface area contributed by atoms with Crippen LogP contribution in [0, 0.1) is 10.1 Å². The maximum absolute atomic E-state index is 11.6. The zero-order chi connectivity index (χ0) is 17.7. The monoisotopic (exact) mass is 341 g/mol. The molecule has 1 saturated heterocycles. The van der Waals surface area contributed by atoms with Gasteiger partial charge in [-0.2, -0.15) is 0 Å². The Kier molecular flexibility index (Phi) is 6.23. The lowest BCUT2D eigenvalue weighted by Gasteiger charge is -2.35. The summed E-state index contributed by atoms with van der Waals surface area (Å²) in [5, 5.41) is 14.5. The lowest BCUT2D eigenvalue weighted by molar-refractivity contribution is -0.383. The average Bonchev–Trinajstić information content (AvgIpc) is 2.54. The molecule has 1 aliphatic heterocycles. The van der Waals surface area contributed by atoms with Gasteiger partial charge in [0.15, 0.2) is 6.29 Å². The van der Waals surface area contributed by atoms with Gasteiger partial charge in [0.05, 0.1) is 23.7 Å². The highest BCUT2D eigenvalue weighted by molar-refractivity contribution is 5.70. The van der Waals surface area contributed by atoms with E-state index in [1.807, 2.05) is 18.7 Å². The zero-order valence-electron chi connectivity index (χ0n) is 14.3. The molecule has 0 saturated carbocycles. The van der Waals surface area contributed by atoms with E-state index in [4.69, 9.17) is 14.2 Å².